The molecule has 17 heavy (non-hydrogen) atoms. The fraction of sp³-hybridized carbons (Fsp3) is 0.500. The predicted molar refractivity (Wildman–Crippen MR) is 69.2 cm³/mol. The van der Waals surface area contributed by atoms with Crippen molar-refractivity contribution in [3.8, 4) is 10.7 Å². The number of aromatic nitrogens is 3. The third kappa shape index (κ3) is 2.12. The van der Waals surface area contributed by atoms with Gasteiger partial charge in [0, 0.05) is 13.0 Å². The van der Waals surface area contributed by atoms with E-state index in [9.17, 15) is 0 Å². The molecule has 2 aromatic heterocycles. The van der Waals surface area contributed by atoms with Crippen LogP contribution in [0.1, 0.15) is 24.6 Å². The minimum atomic E-state index is 0.524. The maximum absolute atomic E-state index is 4.71. The number of thiophene rings is 1. The van der Waals surface area contributed by atoms with Gasteiger partial charge in [-0.25, -0.2) is 9.67 Å². The van der Waals surface area contributed by atoms with E-state index < -0.39 is 0 Å². The number of hydrogen-bond donors (Lipinski definition) is 1. The lowest BCUT2D eigenvalue weighted by Gasteiger charge is -2.19. The molecule has 0 spiro atoms. The molecular weight excluding hydrogens is 232 g/mol. The lowest BCUT2D eigenvalue weighted by Crippen LogP contribution is -2.27. The number of nitrogens with zero attached hydrogens (tertiary/aromatic N) is 3. The molecule has 1 aliphatic rings. The Balaban J connectivity index is 1.90. The summed E-state index contributed by atoms with van der Waals surface area (Å²) in [6.07, 6.45) is 2.29. The molecule has 0 radical (unpaired) electrons. The van der Waals surface area contributed by atoms with Gasteiger partial charge in [-0.05, 0) is 37.4 Å². The van der Waals surface area contributed by atoms with Crippen molar-refractivity contribution >= 4 is 11.3 Å². The molecule has 1 N–H and O–H groups in total. The molecule has 3 heterocycles. The SMILES string of the molecule is Cn1nc(C2CCNCC2)nc1-c1cccs1. The van der Waals surface area contributed by atoms with Gasteiger partial charge in [-0.3, -0.25) is 0 Å². The van der Waals surface area contributed by atoms with E-state index in [0.717, 1.165) is 37.6 Å². The molecule has 0 aromatic carbocycles. The van der Waals surface area contributed by atoms with Crippen molar-refractivity contribution in [1.29, 1.82) is 0 Å². The molecule has 90 valence electrons. The number of rotatable bonds is 2. The monoisotopic (exact) mass is 248 g/mol. The van der Waals surface area contributed by atoms with Gasteiger partial charge in [0.1, 0.15) is 0 Å². The van der Waals surface area contributed by atoms with Crippen LogP contribution in [0.2, 0.25) is 0 Å². The molecule has 0 amide bonds. The maximum Gasteiger partial charge on any atom is 0.168 e. The van der Waals surface area contributed by atoms with Crippen LogP contribution in [0.5, 0.6) is 0 Å². The van der Waals surface area contributed by atoms with Crippen LogP contribution in [0.15, 0.2) is 17.5 Å². The van der Waals surface area contributed by atoms with Crippen LogP contribution in [0.4, 0.5) is 0 Å². The van der Waals surface area contributed by atoms with Crippen molar-refractivity contribution in [2.24, 2.45) is 7.05 Å². The van der Waals surface area contributed by atoms with Crippen LogP contribution in [0, 0.1) is 0 Å². The number of piperidine rings is 1. The average Bonchev–Trinajstić information content (AvgIpc) is 2.99. The maximum atomic E-state index is 4.71. The van der Waals surface area contributed by atoms with Gasteiger partial charge < -0.3 is 5.32 Å². The first kappa shape index (κ1) is 10.9. The van der Waals surface area contributed by atoms with Crippen LogP contribution in [0.3, 0.4) is 0 Å². The van der Waals surface area contributed by atoms with Gasteiger partial charge in [-0.1, -0.05) is 6.07 Å². The summed E-state index contributed by atoms with van der Waals surface area (Å²) in [5.74, 6) is 2.53. The minimum absolute atomic E-state index is 0.524. The van der Waals surface area contributed by atoms with Crippen LogP contribution in [-0.2, 0) is 7.05 Å². The third-order valence-corrected chi connectivity index (χ3v) is 4.09. The van der Waals surface area contributed by atoms with Gasteiger partial charge in [-0.2, -0.15) is 5.10 Å². The smallest absolute Gasteiger partial charge is 0.168 e. The van der Waals surface area contributed by atoms with Crippen molar-refractivity contribution in [2.45, 2.75) is 18.8 Å². The molecule has 2 aromatic rings. The van der Waals surface area contributed by atoms with Crippen molar-refractivity contribution in [3.63, 3.8) is 0 Å². The molecule has 0 unspecified atom stereocenters. The molecule has 5 heteroatoms. The topological polar surface area (TPSA) is 42.7 Å². The highest BCUT2D eigenvalue weighted by Crippen LogP contribution is 2.27. The number of nitrogens with one attached hydrogen (secondary N) is 1. The van der Waals surface area contributed by atoms with Crippen LogP contribution in [-0.4, -0.2) is 27.9 Å². The second-order valence-electron chi connectivity index (χ2n) is 4.42. The van der Waals surface area contributed by atoms with E-state index in [-0.39, 0.29) is 0 Å². The fourth-order valence-electron chi connectivity index (χ4n) is 2.28. The van der Waals surface area contributed by atoms with E-state index >= 15 is 0 Å². The van der Waals surface area contributed by atoms with Crippen LogP contribution in [0.25, 0.3) is 10.7 Å². The van der Waals surface area contributed by atoms with Gasteiger partial charge in [0.25, 0.3) is 0 Å². The zero-order chi connectivity index (χ0) is 11.7. The molecule has 0 aliphatic carbocycles. The van der Waals surface area contributed by atoms with E-state index in [1.54, 1.807) is 11.3 Å². The first-order chi connectivity index (χ1) is 8.34. The van der Waals surface area contributed by atoms with Gasteiger partial charge >= 0.3 is 0 Å². The Labute approximate surface area is 105 Å². The Morgan fingerprint density at radius 1 is 1.41 bits per heavy atom. The summed E-state index contributed by atoms with van der Waals surface area (Å²) in [6, 6.07) is 4.15. The Bertz CT molecular complexity index is 483. The van der Waals surface area contributed by atoms with Gasteiger partial charge in [0.05, 0.1) is 4.88 Å². The zero-order valence-electron chi connectivity index (χ0n) is 9.89. The highest BCUT2D eigenvalue weighted by atomic mass is 32.1. The Morgan fingerprint density at radius 2 is 2.24 bits per heavy atom. The Kier molecular flexibility index (Phi) is 2.94. The second-order valence-corrected chi connectivity index (χ2v) is 5.37. The first-order valence-electron chi connectivity index (χ1n) is 6.00. The number of hydrogen-bond acceptors (Lipinski definition) is 4. The van der Waals surface area contributed by atoms with E-state index in [4.69, 9.17) is 4.98 Å². The normalized spacial score (nSPS) is 17.5. The van der Waals surface area contributed by atoms with E-state index in [0.29, 0.717) is 5.92 Å². The highest BCUT2D eigenvalue weighted by Gasteiger charge is 2.21. The van der Waals surface area contributed by atoms with Crippen molar-refractivity contribution in [1.82, 2.24) is 20.1 Å². The molecule has 1 saturated heterocycles. The van der Waals surface area contributed by atoms with E-state index in [1.165, 1.54) is 4.88 Å². The van der Waals surface area contributed by atoms with Crippen LogP contribution < -0.4 is 5.32 Å². The van der Waals surface area contributed by atoms with Crippen molar-refractivity contribution < 1.29 is 0 Å². The summed E-state index contributed by atoms with van der Waals surface area (Å²) in [7, 11) is 1.98. The quantitative estimate of drug-likeness (QED) is 0.884. The highest BCUT2D eigenvalue weighted by molar-refractivity contribution is 7.13. The summed E-state index contributed by atoms with van der Waals surface area (Å²) in [5.41, 5.74) is 0. The molecule has 1 aliphatic heterocycles. The van der Waals surface area contributed by atoms with E-state index in [2.05, 4.69) is 27.9 Å². The summed E-state index contributed by atoms with van der Waals surface area (Å²) < 4.78 is 1.91. The molecule has 0 bridgehead atoms. The number of aryl methyl sites for hydroxylation is 1. The lowest BCUT2D eigenvalue weighted by atomic mass is 9.98. The van der Waals surface area contributed by atoms with Gasteiger partial charge in [0.2, 0.25) is 0 Å². The summed E-state index contributed by atoms with van der Waals surface area (Å²) in [4.78, 5) is 5.91. The Morgan fingerprint density at radius 3 is 2.94 bits per heavy atom. The Hall–Kier alpha value is -1.20. The van der Waals surface area contributed by atoms with E-state index in [1.807, 2.05) is 11.7 Å². The van der Waals surface area contributed by atoms with Gasteiger partial charge in [0.15, 0.2) is 11.6 Å². The standard InChI is InChI=1S/C12H16N4S/c1-16-12(10-3-2-8-17-10)14-11(15-16)9-4-6-13-7-5-9/h2-3,8-9,13H,4-7H2,1H3. The van der Waals surface area contributed by atoms with Crippen LogP contribution >= 0.6 is 11.3 Å². The molecule has 0 atom stereocenters. The zero-order valence-corrected chi connectivity index (χ0v) is 10.7. The third-order valence-electron chi connectivity index (χ3n) is 3.23. The summed E-state index contributed by atoms with van der Waals surface area (Å²) in [6.45, 7) is 2.16. The minimum Gasteiger partial charge on any atom is -0.317 e. The summed E-state index contributed by atoms with van der Waals surface area (Å²) in [5, 5.41) is 10.0. The second kappa shape index (κ2) is 4.58. The molecule has 4 nitrogen and oxygen atoms in total. The fourth-order valence-corrected chi connectivity index (χ4v) is 3.02. The lowest BCUT2D eigenvalue weighted by molar-refractivity contribution is 0.443. The largest absolute Gasteiger partial charge is 0.317 e. The molecule has 3 rings (SSSR count). The predicted octanol–water partition coefficient (Wildman–Crippen LogP) is 2.01. The van der Waals surface area contributed by atoms with Crippen molar-refractivity contribution in [3.05, 3.63) is 23.3 Å². The van der Waals surface area contributed by atoms with Crippen molar-refractivity contribution in [2.75, 3.05) is 13.1 Å². The average molecular weight is 248 g/mol. The summed E-state index contributed by atoms with van der Waals surface area (Å²) >= 11 is 1.71. The molecular formula is C12H16N4S. The molecule has 0 saturated carbocycles. The first-order valence-corrected chi connectivity index (χ1v) is 6.88. The van der Waals surface area contributed by atoms with Gasteiger partial charge in [-0.15, -0.1) is 11.3 Å². The molecule has 1 fully saturated rings.